The van der Waals surface area contributed by atoms with Crippen LogP contribution in [0.25, 0.3) is 0 Å². The highest BCUT2D eigenvalue weighted by molar-refractivity contribution is 14.1. The van der Waals surface area contributed by atoms with Crippen molar-refractivity contribution >= 4 is 28.6 Å². The van der Waals surface area contributed by atoms with E-state index in [1.54, 1.807) is 29.5 Å². The van der Waals surface area contributed by atoms with Gasteiger partial charge in [-0.1, -0.05) is 0 Å². The number of methoxy groups -OCH3 is 1. The van der Waals surface area contributed by atoms with Crippen LogP contribution in [0.4, 0.5) is 13.2 Å². The standard InChI is InChI=1S/C10H9F3INO4/c1-3-18-9(16)5-4-6(14)8(15-7(5)17-2)19-10(11,12)13/h4H,3H2,1-2H3. The predicted octanol–water partition coefficient (Wildman–Crippen LogP) is 2.77. The van der Waals surface area contributed by atoms with Gasteiger partial charge in [-0.2, -0.15) is 4.98 Å². The molecule has 0 saturated carbocycles. The number of nitrogens with zero attached hydrogens (tertiary/aromatic N) is 1. The zero-order chi connectivity index (χ0) is 14.6. The van der Waals surface area contributed by atoms with Crippen LogP contribution in [0, 0.1) is 3.57 Å². The summed E-state index contributed by atoms with van der Waals surface area (Å²) in [5.41, 5.74) is -0.0664. The lowest BCUT2D eigenvalue weighted by Gasteiger charge is -2.12. The highest BCUT2D eigenvalue weighted by atomic mass is 127. The van der Waals surface area contributed by atoms with E-state index in [-0.39, 0.29) is 21.6 Å². The lowest BCUT2D eigenvalue weighted by Crippen LogP contribution is -2.19. The summed E-state index contributed by atoms with van der Waals surface area (Å²) in [4.78, 5) is 15.1. The molecule has 106 valence electrons. The Hall–Kier alpha value is -1.26. The number of carbonyl (C=O) groups is 1. The van der Waals surface area contributed by atoms with E-state index in [0.717, 1.165) is 6.07 Å². The molecule has 0 radical (unpaired) electrons. The monoisotopic (exact) mass is 391 g/mol. The molecule has 0 fully saturated rings. The quantitative estimate of drug-likeness (QED) is 0.584. The van der Waals surface area contributed by atoms with Crippen molar-refractivity contribution in [1.82, 2.24) is 4.98 Å². The maximum Gasteiger partial charge on any atom is 0.574 e. The Morgan fingerprint density at radius 3 is 2.53 bits per heavy atom. The van der Waals surface area contributed by atoms with E-state index in [1.165, 1.54) is 7.11 Å². The van der Waals surface area contributed by atoms with E-state index < -0.39 is 18.2 Å². The molecule has 5 nitrogen and oxygen atoms in total. The largest absolute Gasteiger partial charge is 0.574 e. The number of aromatic nitrogens is 1. The number of ether oxygens (including phenoxy) is 3. The number of hydrogen-bond acceptors (Lipinski definition) is 5. The first kappa shape index (κ1) is 15.8. The van der Waals surface area contributed by atoms with Crippen LogP contribution in [-0.2, 0) is 4.74 Å². The highest BCUT2D eigenvalue weighted by Gasteiger charge is 2.33. The Bertz CT molecular complexity index is 479. The van der Waals surface area contributed by atoms with Crippen LogP contribution in [0.15, 0.2) is 6.07 Å². The number of hydrogen-bond donors (Lipinski definition) is 0. The summed E-state index contributed by atoms with van der Waals surface area (Å²) in [6.07, 6.45) is -4.87. The summed E-state index contributed by atoms with van der Waals surface area (Å²) in [6, 6.07) is 1.16. The fourth-order valence-corrected chi connectivity index (χ4v) is 1.69. The van der Waals surface area contributed by atoms with Crippen LogP contribution in [0.2, 0.25) is 0 Å². The molecule has 0 aliphatic carbocycles. The third kappa shape index (κ3) is 4.40. The minimum atomic E-state index is -4.87. The molecule has 1 heterocycles. The average molecular weight is 391 g/mol. The lowest BCUT2D eigenvalue weighted by atomic mass is 10.2. The molecule has 0 spiro atoms. The Morgan fingerprint density at radius 2 is 2.05 bits per heavy atom. The van der Waals surface area contributed by atoms with Gasteiger partial charge < -0.3 is 14.2 Å². The molecule has 0 unspecified atom stereocenters. The fraction of sp³-hybridized carbons (Fsp3) is 0.400. The average Bonchev–Trinajstić information content (AvgIpc) is 2.29. The van der Waals surface area contributed by atoms with Gasteiger partial charge in [0.2, 0.25) is 11.8 Å². The van der Waals surface area contributed by atoms with E-state index in [0.29, 0.717) is 0 Å². The maximum atomic E-state index is 12.1. The van der Waals surface area contributed by atoms with Gasteiger partial charge in [0.1, 0.15) is 5.56 Å². The van der Waals surface area contributed by atoms with Crippen LogP contribution >= 0.6 is 22.6 Å². The number of alkyl halides is 3. The summed E-state index contributed by atoms with van der Waals surface area (Å²) in [6.45, 7) is 1.73. The molecule has 1 aromatic heterocycles. The van der Waals surface area contributed by atoms with Gasteiger partial charge in [0, 0.05) is 0 Å². The van der Waals surface area contributed by atoms with Crippen LogP contribution < -0.4 is 9.47 Å². The first-order chi connectivity index (χ1) is 8.78. The Morgan fingerprint density at radius 1 is 1.42 bits per heavy atom. The number of halogens is 4. The molecular formula is C10H9F3INO4. The minimum Gasteiger partial charge on any atom is -0.480 e. The molecule has 0 N–H and O–H groups in total. The van der Waals surface area contributed by atoms with Crippen molar-refractivity contribution in [2.75, 3.05) is 13.7 Å². The molecule has 0 aliphatic heterocycles. The third-order valence-corrected chi connectivity index (χ3v) is 2.58. The van der Waals surface area contributed by atoms with Crippen molar-refractivity contribution in [3.8, 4) is 11.8 Å². The van der Waals surface area contributed by atoms with Crippen molar-refractivity contribution in [3.05, 3.63) is 15.2 Å². The minimum absolute atomic E-state index is 0.0128. The number of carbonyl (C=O) groups excluding carboxylic acids is 1. The van der Waals surface area contributed by atoms with Crippen LogP contribution in [-0.4, -0.2) is 31.0 Å². The topological polar surface area (TPSA) is 57.7 Å². The van der Waals surface area contributed by atoms with Crippen molar-refractivity contribution < 1.29 is 32.2 Å². The molecule has 0 bridgehead atoms. The van der Waals surface area contributed by atoms with Crippen LogP contribution in [0.5, 0.6) is 11.8 Å². The van der Waals surface area contributed by atoms with Crippen LogP contribution in [0.3, 0.4) is 0 Å². The van der Waals surface area contributed by atoms with Crippen molar-refractivity contribution in [1.29, 1.82) is 0 Å². The number of pyridine rings is 1. The summed E-state index contributed by atoms with van der Waals surface area (Å²) in [5, 5.41) is 0. The Labute approximate surface area is 120 Å². The Balaban J connectivity index is 3.17. The van der Waals surface area contributed by atoms with Gasteiger partial charge >= 0.3 is 12.3 Å². The zero-order valence-corrected chi connectivity index (χ0v) is 12.0. The molecular weight excluding hydrogens is 382 g/mol. The smallest absolute Gasteiger partial charge is 0.480 e. The molecule has 9 heteroatoms. The molecule has 0 atom stereocenters. The second-order valence-electron chi connectivity index (χ2n) is 3.10. The van der Waals surface area contributed by atoms with E-state index in [9.17, 15) is 18.0 Å². The molecule has 1 rings (SSSR count). The molecule has 19 heavy (non-hydrogen) atoms. The fourth-order valence-electron chi connectivity index (χ4n) is 1.15. The first-order valence-electron chi connectivity index (χ1n) is 4.96. The first-order valence-corrected chi connectivity index (χ1v) is 6.03. The van der Waals surface area contributed by atoms with Gasteiger partial charge in [0.25, 0.3) is 0 Å². The summed E-state index contributed by atoms with van der Waals surface area (Å²) < 4.78 is 49.6. The maximum absolute atomic E-state index is 12.1. The van der Waals surface area contributed by atoms with E-state index >= 15 is 0 Å². The second-order valence-corrected chi connectivity index (χ2v) is 4.26. The van der Waals surface area contributed by atoms with E-state index in [4.69, 9.17) is 9.47 Å². The molecule has 0 aromatic carbocycles. The molecule has 0 aliphatic rings. The number of rotatable bonds is 4. The normalized spacial score (nSPS) is 11.1. The van der Waals surface area contributed by atoms with Gasteiger partial charge in [-0.25, -0.2) is 4.79 Å². The summed E-state index contributed by atoms with van der Waals surface area (Å²) in [7, 11) is 1.18. The highest BCUT2D eigenvalue weighted by Crippen LogP contribution is 2.30. The Kier molecular flexibility index (Phi) is 5.20. The van der Waals surface area contributed by atoms with E-state index in [2.05, 4.69) is 9.72 Å². The van der Waals surface area contributed by atoms with E-state index in [1.807, 2.05) is 0 Å². The van der Waals surface area contributed by atoms with Crippen molar-refractivity contribution in [3.63, 3.8) is 0 Å². The second kappa shape index (κ2) is 6.26. The van der Waals surface area contributed by atoms with Gasteiger partial charge in [-0.05, 0) is 35.6 Å². The van der Waals surface area contributed by atoms with Gasteiger partial charge in [0.15, 0.2) is 0 Å². The SMILES string of the molecule is CCOC(=O)c1cc(I)c(OC(F)(F)F)nc1OC. The molecule has 1 aromatic rings. The third-order valence-electron chi connectivity index (χ3n) is 1.81. The summed E-state index contributed by atoms with van der Waals surface area (Å²) in [5.74, 6) is -1.71. The molecule has 0 saturated heterocycles. The van der Waals surface area contributed by atoms with Gasteiger partial charge in [-0.15, -0.1) is 13.2 Å². The lowest BCUT2D eigenvalue weighted by molar-refractivity contribution is -0.276. The van der Waals surface area contributed by atoms with Crippen LogP contribution in [0.1, 0.15) is 17.3 Å². The number of esters is 1. The van der Waals surface area contributed by atoms with Crippen molar-refractivity contribution in [2.24, 2.45) is 0 Å². The zero-order valence-electron chi connectivity index (χ0n) is 9.88. The summed E-state index contributed by atoms with van der Waals surface area (Å²) >= 11 is 1.57. The van der Waals surface area contributed by atoms with Gasteiger partial charge in [-0.3, -0.25) is 0 Å². The predicted molar refractivity (Wildman–Crippen MR) is 66.1 cm³/mol. The molecule has 0 amide bonds. The van der Waals surface area contributed by atoms with Crippen molar-refractivity contribution in [2.45, 2.75) is 13.3 Å². The van der Waals surface area contributed by atoms with Gasteiger partial charge in [0.05, 0.1) is 17.3 Å².